The van der Waals surface area contributed by atoms with Crippen molar-refractivity contribution < 1.29 is 24.6 Å². The number of oxime groups is 1. The summed E-state index contributed by atoms with van der Waals surface area (Å²) in [6.45, 7) is 2.77. The van der Waals surface area contributed by atoms with Crippen molar-refractivity contribution in [1.82, 2.24) is 4.90 Å². The van der Waals surface area contributed by atoms with Gasteiger partial charge in [0, 0.05) is 17.3 Å². The molecule has 1 aromatic rings. The summed E-state index contributed by atoms with van der Waals surface area (Å²) in [5.41, 5.74) is 0.582. The molecule has 2 N–H and O–H groups in total. The third-order valence-electron chi connectivity index (χ3n) is 3.56. The molecule has 0 aliphatic carbocycles. The van der Waals surface area contributed by atoms with Crippen LogP contribution in [0.4, 0.5) is 0 Å². The number of hydrogen-bond acceptors (Lipinski definition) is 6. The van der Waals surface area contributed by atoms with Crippen LogP contribution in [-0.4, -0.2) is 60.6 Å². The largest absolute Gasteiger partial charge is 0.478 e. The number of pyridine rings is 1. The third kappa shape index (κ3) is 5.16. The van der Waals surface area contributed by atoms with Gasteiger partial charge < -0.3 is 19.6 Å². The number of rotatable bonds is 6. The van der Waals surface area contributed by atoms with Crippen LogP contribution in [-0.2, 0) is 9.57 Å². The number of aliphatic hydroxyl groups excluding tert-OH is 1. The predicted octanol–water partition coefficient (Wildman–Crippen LogP) is 0.383. The fourth-order valence-electron chi connectivity index (χ4n) is 2.47. The number of piperidine rings is 1. The van der Waals surface area contributed by atoms with Gasteiger partial charge in [-0.1, -0.05) is 6.42 Å². The van der Waals surface area contributed by atoms with Gasteiger partial charge in [-0.05, 0) is 37.2 Å². The van der Waals surface area contributed by atoms with Crippen molar-refractivity contribution in [2.45, 2.75) is 25.4 Å². The van der Waals surface area contributed by atoms with Crippen LogP contribution in [0.3, 0.4) is 0 Å². The van der Waals surface area contributed by atoms with Gasteiger partial charge in [0.1, 0.15) is 18.3 Å². The monoisotopic (exact) mass is 310 g/mol. The number of aliphatic hydroxyl groups is 1. The minimum atomic E-state index is -0.585. The molecule has 0 bridgehead atoms. The van der Waals surface area contributed by atoms with E-state index in [1.807, 2.05) is 0 Å². The number of aromatic nitrogens is 1. The lowest BCUT2D eigenvalue weighted by molar-refractivity contribution is -0.904. The van der Waals surface area contributed by atoms with E-state index in [2.05, 4.69) is 10.1 Å². The standard InChI is InChI=1S/C15H24N3O4/c1-21-15(13-6-5-9-18(20)10-13)16-22-12-14(19)11-17-7-3-2-4-8-17/h5-6,9-10,14,19-20H,2-4,7-8,11-12H2,1H3/q+1/b16-15-/t14-/m1/s1. The summed E-state index contributed by atoms with van der Waals surface area (Å²) in [5, 5.41) is 23.2. The van der Waals surface area contributed by atoms with Gasteiger partial charge in [0.15, 0.2) is 0 Å². The van der Waals surface area contributed by atoms with Crippen molar-refractivity contribution in [3.8, 4) is 0 Å². The molecular weight excluding hydrogens is 286 g/mol. The van der Waals surface area contributed by atoms with Crippen LogP contribution in [0.5, 0.6) is 0 Å². The van der Waals surface area contributed by atoms with Gasteiger partial charge in [-0.25, -0.2) is 0 Å². The van der Waals surface area contributed by atoms with Crippen LogP contribution >= 0.6 is 0 Å². The van der Waals surface area contributed by atoms with Crippen molar-refractivity contribution in [2.75, 3.05) is 33.4 Å². The van der Waals surface area contributed by atoms with Gasteiger partial charge in [0.2, 0.25) is 12.4 Å². The van der Waals surface area contributed by atoms with E-state index in [0.717, 1.165) is 17.8 Å². The molecular formula is C15H24N3O4+. The molecule has 7 heteroatoms. The Morgan fingerprint density at radius 2 is 2.18 bits per heavy atom. The number of hydrogen-bond donors (Lipinski definition) is 2. The molecule has 2 rings (SSSR count). The van der Waals surface area contributed by atoms with Crippen molar-refractivity contribution in [2.24, 2.45) is 5.16 Å². The van der Waals surface area contributed by atoms with Crippen molar-refractivity contribution in [3.63, 3.8) is 0 Å². The van der Waals surface area contributed by atoms with Gasteiger partial charge in [-0.3, -0.25) is 5.21 Å². The van der Waals surface area contributed by atoms with Crippen LogP contribution in [0, 0.1) is 0 Å². The number of methoxy groups -OCH3 is 1. The van der Waals surface area contributed by atoms with E-state index >= 15 is 0 Å². The molecule has 7 nitrogen and oxygen atoms in total. The van der Waals surface area contributed by atoms with Crippen molar-refractivity contribution in [3.05, 3.63) is 30.1 Å². The highest BCUT2D eigenvalue weighted by Crippen LogP contribution is 2.09. The van der Waals surface area contributed by atoms with Gasteiger partial charge in [0.05, 0.1) is 7.11 Å². The van der Waals surface area contributed by atoms with Gasteiger partial charge in [0.25, 0.3) is 5.90 Å². The highest BCUT2D eigenvalue weighted by atomic mass is 16.7. The van der Waals surface area contributed by atoms with Crippen molar-refractivity contribution >= 4 is 5.90 Å². The lowest BCUT2D eigenvalue weighted by atomic mass is 10.1. The molecule has 2 heterocycles. The van der Waals surface area contributed by atoms with Crippen LogP contribution in [0.2, 0.25) is 0 Å². The molecule has 1 aliphatic heterocycles. The van der Waals surface area contributed by atoms with E-state index in [-0.39, 0.29) is 12.5 Å². The van der Waals surface area contributed by atoms with Gasteiger partial charge in [-0.15, -0.1) is 0 Å². The second kappa shape index (κ2) is 8.55. The van der Waals surface area contributed by atoms with Crippen LogP contribution < -0.4 is 4.73 Å². The molecule has 122 valence electrons. The average Bonchev–Trinajstić information content (AvgIpc) is 2.52. The van der Waals surface area contributed by atoms with E-state index in [0.29, 0.717) is 12.1 Å². The second-order valence-electron chi connectivity index (χ2n) is 5.38. The zero-order chi connectivity index (χ0) is 15.8. The highest BCUT2D eigenvalue weighted by molar-refractivity contribution is 5.92. The maximum absolute atomic E-state index is 9.98. The molecule has 0 amide bonds. The summed E-state index contributed by atoms with van der Waals surface area (Å²) in [5.74, 6) is 0.244. The smallest absolute Gasteiger partial charge is 0.263 e. The quantitative estimate of drug-likeness (QED) is 0.261. The summed E-state index contributed by atoms with van der Waals surface area (Å²) in [4.78, 5) is 7.42. The molecule has 0 saturated carbocycles. The van der Waals surface area contributed by atoms with Gasteiger partial charge in [-0.2, -0.15) is 0 Å². The Bertz CT molecular complexity index is 489. The fourth-order valence-corrected chi connectivity index (χ4v) is 2.47. The zero-order valence-corrected chi connectivity index (χ0v) is 12.9. The Balaban J connectivity index is 1.81. The minimum Gasteiger partial charge on any atom is -0.478 e. The lowest BCUT2D eigenvalue weighted by Crippen LogP contribution is -2.38. The number of likely N-dealkylation sites (tertiary alicyclic amines) is 1. The normalized spacial score (nSPS) is 18.0. The molecule has 1 aromatic heterocycles. The fraction of sp³-hybridized carbons (Fsp3) is 0.600. The minimum absolute atomic E-state index is 0.106. The maximum atomic E-state index is 9.98. The van der Waals surface area contributed by atoms with E-state index in [1.54, 1.807) is 12.1 Å². The third-order valence-corrected chi connectivity index (χ3v) is 3.56. The first-order chi connectivity index (χ1) is 10.7. The maximum Gasteiger partial charge on any atom is 0.263 e. The predicted molar refractivity (Wildman–Crippen MR) is 79.6 cm³/mol. The van der Waals surface area contributed by atoms with E-state index < -0.39 is 6.10 Å². The molecule has 1 saturated heterocycles. The molecule has 0 aromatic carbocycles. The number of ether oxygens (including phenoxy) is 1. The molecule has 0 spiro atoms. The SMILES string of the molecule is CO/C(=N\OC[C@H](O)CN1CCCCC1)c1ccc[n+](O)c1. The summed E-state index contributed by atoms with van der Waals surface area (Å²) >= 11 is 0. The Kier molecular flexibility index (Phi) is 6.42. The number of nitrogens with zero attached hydrogens (tertiary/aromatic N) is 3. The zero-order valence-electron chi connectivity index (χ0n) is 12.9. The van der Waals surface area contributed by atoms with Crippen LogP contribution in [0.15, 0.2) is 29.7 Å². The Labute approximate surface area is 130 Å². The van der Waals surface area contributed by atoms with Crippen molar-refractivity contribution in [1.29, 1.82) is 0 Å². The first kappa shape index (κ1) is 16.5. The second-order valence-corrected chi connectivity index (χ2v) is 5.38. The average molecular weight is 310 g/mol. The molecule has 1 aliphatic rings. The summed E-state index contributed by atoms with van der Waals surface area (Å²) in [6.07, 6.45) is 6.00. The molecule has 1 fully saturated rings. The molecule has 0 unspecified atom stereocenters. The highest BCUT2D eigenvalue weighted by Gasteiger charge is 2.15. The van der Waals surface area contributed by atoms with E-state index in [1.165, 1.54) is 38.8 Å². The van der Waals surface area contributed by atoms with Crippen LogP contribution in [0.25, 0.3) is 0 Å². The molecule has 22 heavy (non-hydrogen) atoms. The van der Waals surface area contributed by atoms with E-state index in [9.17, 15) is 10.3 Å². The summed E-state index contributed by atoms with van der Waals surface area (Å²) < 4.78 is 6.04. The molecule has 0 radical (unpaired) electrons. The van der Waals surface area contributed by atoms with Crippen LogP contribution in [0.1, 0.15) is 24.8 Å². The first-order valence-electron chi connectivity index (χ1n) is 7.54. The number of β-amino-alcohol motifs (C(OH)–C–C–N with tert-alkyl or cyclic N) is 1. The Morgan fingerprint density at radius 1 is 1.41 bits per heavy atom. The topological polar surface area (TPSA) is 78.4 Å². The summed E-state index contributed by atoms with van der Waals surface area (Å²) in [6, 6.07) is 3.40. The Morgan fingerprint density at radius 3 is 2.86 bits per heavy atom. The van der Waals surface area contributed by atoms with Gasteiger partial charge >= 0.3 is 0 Å². The lowest BCUT2D eigenvalue weighted by Gasteiger charge is -2.27. The summed E-state index contributed by atoms with van der Waals surface area (Å²) in [7, 11) is 1.47. The van der Waals surface area contributed by atoms with E-state index in [4.69, 9.17) is 9.57 Å². The first-order valence-corrected chi connectivity index (χ1v) is 7.54. The molecule has 1 atom stereocenters. The Hall–Kier alpha value is -1.86.